The van der Waals surface area contributed by atoms with E-state index in [2.05, 4.69) is 10.6 Å². The van der Waals surface area contributed by atoms with Crippen molar-refractivity contribution >= 4 is 46.5 Å². The zero-order valence-electron chi connectivity index (χ0n) is 14.0. The molecule has 0 aromatic heterocycles. The highest BCUT2D eigenvalue weighted by Gasteiger charge is 2.39. The van der Waals surface area contributed by atoms with E-state index in [1.54, 1.807) is 12.1 Å². The number of rotatable bonds is 5. The molecule has 0 fully saturated rings. The minimum Gasteiger partial charge on any atom is -0.355 e. The van der Waals surface area contributed by atoms with Crippen molar-refractivity contribution in [3.05, 3.63) is 63.4 Å². The number of carbonyl (C=O) groups excluding carboxylic acids is 3. The molecule has 5 nitrogen and oxygen atoms in total. The number of nitrogens with one attached hydrogen (secondary N) is 2. The number of aryl methyl sites for hydroxylation is 1. The molecular formula is C19H15Cl2FN2O3. The summed E-state index contributed by atoms with van der Waals surface area (Å²) in [5, 5.41) is 5.75. The van der Waals surface area contributed by atoms with E-state index < -0.39 is 29.3 Å². The number of amides is 2. The number of halogens is 3. The fourth-order valence-electron chi connectivity index (χ4n) is 2.92. The van der Waals surface area contributed by atoms with Gasteiger partial charge in [-0.05, 0) is 42.2 Å². The third kappa shape index (κ3) is 4.12. The number of Topliss-reactive ketones (excluding diaryl/α,β-unsaturated/α-hetero) is 1. The van der Waals surface area contributed by atoms with Crippen LogP contribution in [0.5, 0.6) is 0 Å². The molecule has 27 heavy (non-hydrogen) atoms. The highest BCUT2D eigenvalue weighted by molar-refractivity contribution is 6.47. The third-order valence-corrected chi connectivity index (χ3v) is 5.01. The maximum Gasteiger partial charge on any atom is 0.293 e. The second kappa shape index (κ2) is 8.06. The lowest BCUT2D eigenvalue weighted by Crippen LogP contribution is -2.42. The van der Waals surface area contributed by atoms with Crippen molar-refractivity contribution in [2.45, 2.75) is 18.8 Å². The fraction of sp³-hybridized carbons (Fsp3) is 0.211. The summed E-state index contributed by atoms with van der Waals surface area (Å²) < 4.78 is 13.9. The first-order valence-corrected chi connectivity index (χ1v) is 8.99. The van der Waals surface area contributed by atoms with Crippen molar-refractivity contribution in [3.8, 4) is 0 Å². The maximum atomic E-state index is 13.9. The van der Waals surface area contributed by atoms with Crippen molar-refractivity contribution in [1.82, 2.24) is 5.32 Å². The van der Waals surface area contributed by atoms with Gasteiger partial charge in [-0.2, -0.15) is 0 Å². The fourth-order valence-corrected chi connectivity index (χ4v) is 3.24. The van der Waals surface area contributed by atoms with Gasteiger partial charge in [0.15, 0.2) is 0 Å². The van der Waals surface area contributed by atoms with Gasteiger partial charge in [0.1, 0.15) is 11.7 Å². The Labute approximate surface area is 164 Å². The third-order valence-electron chi connectivity index (χ3n) is 4.27. The Bertz CT molecular complexity index is 933. The topological polar surface area (TPSA) is 75.3 Å². The van der Waals surface area contributed by atoms with Gasteiger partial charge < -0.3 is 10.6 Å². The van der Waals surface area contributed by atoms with Crippen molar-refractivity contribution in [2.75, 3.05) is 11.9 Å². The Kier molecular flexibility index (Phi) is 5.77. The first kappa shape index (κ1) is 19.3. The van der Waals surface area contributed by atoms with E-state index in [4.69, 9.17) is 23.2 Å². The molecule has 2 N–H and O–H groups in total. The van der Waals surface area contributed by atoms with Crippen LogP contribution in [0.3, 0.4) is 0 Å². The number of benzene rings is 2. The van der Waals surface area contributed by atoms with Crippen LogP contribution in [0.1, 0.15) is 23.5 Å². The van der Waals surface area contributed by atoms with Crippen LogP contribution in [0.4, 0.5) is 10.1 Å². The van der Waals surface area contributed by atoms with Crippen LogP contribution in [-0.4, -0.2) is 24.1 Å². The Morgan fingerprint density at radius 3 is 2.67 bits per heavy atom. The molecule has 0 spiro atoms. The van der Waals surface area contributed by atoms with Crippen LogP contribution in [0, 0.1) is 5.82 Å². The number of hydrogen-bond acceptors (Lipinski definition) is 3. The molecule has 140 valence electrons. The van der Waals surface area contributed by atoms with Gasteiger partial charge >= 0.3 is 0 Å². The molecule has 0 saturated heterocycles. The number of carbonyl (C=O) groups is 3. The van der Waals surface area contributed by atoms with Crippen molar-refractivity contribution in [3.63, 3.8) is 0 Å². The van der Waals surface area contributed by atoms with E-state index in [1.165, 1.54) is 12.1 Å². The molecule has 2 amide bonds. The average molecular weight is 409 g/mol. The molecule has 1 aliphatic heterocycles. The van der Waals surface area contributed by atoms with Gasteiger partial charge in [0.25, 0.3) is 5.91 Å². The summed E-state index contributed by atoms with van der Waals surface area (Å²) in [4.78, 5) is 36.4. The highest BCUT2D eigenvalue weighted by atomic mass is 35.5. The molecule has 0 saturated carbocycles. The van der Waals surface area contributed by atoms with Gasteiger partial charge in [0.2, 0.25) is 11.7 Å². The lowest BCUT2D eigenvalue weighted by Gasteiger charge is -2.23. The van der Waals surface area contributed by atoms with Crippen molar-refractivity contribution in [1.29, 1.82) is 0 Å². The summed E-state index contributed by atoms with van der Waals surface area (Å²) in [7, 11) is 0. The molecule has 1 aliphatic rings. The molecular weight excluding hydrogens is 394 g/mol. The Morgan fingerprint density at radius 2 is 1.93 bits per heavy atom. The summed E-state index contributed by atoms with van der Waals surface area (Å²) >= 11 is 11.8. The van der Waals surface area contributed by atoms with Gasteiger partial charge in [0.05, 0.1) is 15.7 Å². The van der Waals surface area contributed by atoms with E-state index >= 15 is 0 Å². The first-order valence-electron chi connectivity index (χ1n) is 8.23. The minimum absolute atomic E-state index is 0.127. The number of fused-ring (bicyclic) bond motifs is 1. The number of anilines is 1. The molecule has 0 aliphatic carbocycles. The number of hydrogen-bond donors (Lipinski definition) is 2. The monoisotopic (exact) mass is 408 g/mol. The lowest BCUT2D eigenvalue weighted by atomic mass is 9.88. The molecule has 2 aromatic rings. The first-order chi connectivity index (χ1) is 12.9. The Morgan fingerprint density at radius 1 is 1.15 bits per heavy atom. The molecule has 0 bridgehead atoms. The summed E-state index contributed by atoms with van der Waals surface area (Å²) in [6, 6.07) is 9.28. The van der Waals surface area contributed by atoms with Gasteiger partial charge in [-0.1, -0.05) is 41.4 Å². The largest absolute Gasteiger partial charge is 0.355 e. The van der Waals surface area contributed by atoms with Gasteiger partial charge in [-0.15, -0.1) is 0 Å². The Hall–Kier alpha value is -2.44. The summed E-state index contributed by atoms with van der Waals surface area (Å²) in [6.45, 7) is 0.287. The molecule has 0 radical (unpaired) electrons. The van der Waals surface area contributed by atoms with Crippen molar-refractivity contribution < 1.29 is 18.8 Å². The molecule has 1 atom stereocenters. The Balaban J connectivity index is 1.64. The van der Waals surface area contributed by atoms with Gasteiger partial charge in [-0.3, -0.25) is 14.4 Å². The van der Waals surface area contributed by atoms with Crippen LogP contribution < -0.4 is 10.6 Å². The maximum absolute atomic E-state index is 13.9. The summed E-state index contributed by atoms with van der Waals surface area (Å²) in [5.41, 5.74) is 0.985. The smallest absolute Gasteiger partial charge is 0.293 e. The van der Waals surface area contributed by atoms with Crippen LogP contribution in [0.15, 0.2) is 36.4 Å². The quantitative estimate of drug-likeness (QED) is 0.451. The van der Waals surface area contributed by atoms with E-state index in [0.717, 1.165) is 11.6 Å². The standard InChI is InChI=1S/C19H15Cl2FN2O3/c20-12-7-6-10(9-13(12)21)3-2-8-23-18(26)15-11-4-1-5-14(22)16(11)24-19(27)17(15)25/h1,4-7,9,15H,2-3,8H2,(H,23,26)(H,24,27). The second-order valence-corrected chi connectivity index (χ2v) is 6.91. The SMILES string of the molecule is O=C1Nc2c(F)cccc2C(C(=O)NCCCc2ccc(Cl)c(Cl)c2)C1=O. The van der Waals surface area contributed by atoms with Gasteiger partial charge in [0, 0.05) is 6.54 Å². The molecule has 1 heterocycles. The normalized spacial score (nSPS) is 15.9. The predicted molar refractivity (Wildman–Crippen MR) is 101 cm³/mol. The summed E-state index contributed by atoms with van der Waals surface area (Å²) in [5.74, 6) is -4.57. The molecule has 2 aromatic carbocycles. The molecule has 1 unspecified atom stereocenters. The second-order valence-electron chi connectivity index (χ2n) is 6.10. The van der Waals surface area contributed by atoms with Crippen LogP contribution in [0.2, 0.25) is 10.0 Å². The predicted octanol–water partition coefficient (Wildman–Crippen LogP) is 3.49. The van der Waals surface area contributed by atoms with E-state index in [-0.39, 0.29) is 17.8 Å². The number of ketones is 1. The van der Waals surface area contributed by atoms with Crippen LogP contribution in [0.25, 0.3) is 0 Å². The van der Waals surface area contributed by atoms with Crippen molar-refractivity contribution in [2.24, 2.45) is 0 Å². The zero-order chi connectivity index (χ0) is 19.6. The van der Waals surface area contributed by atoms with Crippen LogP contribution >= 0.6 is 23.2 Å². The highest BCUT2D eigenvalue weighted by Crippen LogP contribution is 2.32. The van der Waals surface area contributed by atoms with E-state index in [1.807, 2.05) is 6.07 Å². The minimum atomic E-state index is -1.35. The number of para-hydroxylation sites is 1. The lowest BCUT2D eigenvalue weighted by molar-refractivity contribution is -0.139. The average Bonchev–Trinajstić information content (AvgIpc) is 2.63. The van der Waals surface area contributed by atoms with Crippen LogP contribution in [-0.2, 0) is 20.8 Å². The zero-order valence-corrected chi connectivity index (χ0v) is 15.5. The molecule has 8 heteroatoms. The van der Waals surface area contributed by atoms with E-state index in [0.29, 0.717) is 22.9 Å². The molecule has 3 rings (SSSR count). The summed E-state index contributed by atoms with van der Waals surface area (Å²) in [6.07, 6.45) is 1.23. The van der Waals surface area contributed by atoms with Gasteiger partial charge in [-0.25, -0.2) is 4.39 Å². The van der Waals surface area contributed by atoms with E-state index in [9.17, 15) is 18.8 Å².